The molecular formula is C17H16FN3O3S. The molecule has 0 N–H and O–H groups in total. The number of hydrogen-bond donors (Lipinski definition) is 0. The lowest BCUT2D eigenvalue weighted by molar-refractivity contribution is 0.0467. The molecule has 2 heterocycles. The van der Waals surface area contributed by atoms with E-state index < -0.39 is 11.8 Å². The van der Waals surface area contributed by atoms with E-state index in [-0.39, 0.29) is 17.7 Å². The lowest BCUT2D eigenvalue weighted by atomic mass is 10.1. The van der Waals surface area contributed by atoms with Crippen molar-refractivity contribution < 1.29 is 13.9 Å². The molecule has 0 amide bonds. The molecule has 6 nitrogen and oxygen atoms in total. The maximum Gasteiger partial charge on any atom is 0.338 e. The van der Waals surface area contributed by atoms with Crippen LogP contribution in [0.5, 0.6) is 0 Å². The molecule has 0 saturated carbocycles. The number of carbonyl (C=O) groups excluding carboxylic acids is 1. The Kier molecular flexibility index (Phi) is 4.89. The molecule has 0 aliphatic carbocycles. The van der Waals surface area contributed by atoms with Crippen molar-refractivity contribution in [3.8, 4) is 0 Å². The van der Waals surface area contributed by atoms with Crippen LogP contribution in [0.25, 0.3) is 4.96 Å². The standard InChI is InChI=1S/C17H16FN3O3S/c1-10(2)7-14-20-21-15(22)8-13(19-17(21)25-14)9-24-16(23)11-3-5-12(18)6-4-11/h3-6,8,10H,7,9H2,1-2H3. The zero-order valence-corrected chi connectivity index (χ0v) is 14.5. The fourth-order valence-corrected chi connectivity index (χ4v) is 3.34. The van der Waals surface area contributed by atoms with Crippen LogP contribution in [0.4, 0.5) is 4.39 Å². The highest BCUT2D eigenvalue weighted by atomic mass is 32.1. The summed E-state index contributed by atoms with van der Waals surface area (Å²) < 4.78 is 19.3. The van der Waals surface area contributed by atoms with Gasteiger partial charge in [0.25, 0.3) is 5.56 Å². The molecule has 3 rings (SSSR count). The van der Waals surface area contributed by atoms with Crippen molar-refractivity contribution in [3.63, 3.8) is 0 Å². The van der Waals surface area contributed by atoms with Crippen LogP contribution in [0.3, 0.4) is 0 Å². The quantitative estimate of drug-likeness (QED) is 0.654. The Balaban J connectivity index is 1.76. The number of nitrogens with zero attached hydrogens (tertiary/aromatic N) is 3. The van der Waals surface area contributed by atoms with E-state index in [0.717, 1.165) is 11.4 Å². The molecule has 2 aromatic heterocycles. The van der Waals surface area contributed by atoms with Crippen LogP contribution in [0.15, 0.2) is 35.1 Å². The summed E-state index contributed by atoms with van der Waals surface area (Å²) in [6.07, 6.45) is 0.766. The van der Waals surface area contributed by atoms with E-state index in [2.05, 4.69) is 23.9 Å². The molecule has 0 fully saturated rings. The predicted molar refractivity (Wildman–Crippen MR) is 91.2 cm³/mol. The van der Waals surface area contributed by atoms with Crippen molar-refractivity contribution in [2.24, 2.45) is 5.92 Å². The van der Waals surface area contributed by atoms with Gasteiger partial charge in [-0.1, -0.05) is 25.2 Å². The molecule has 0 saturated heterocycles. The van der Waals surface area contributed by atoms with Crippen LogP contribution < -0.4 is 5.56 Å². The molecule has 0 aliphatic heterocycles. The van der Waals surface area contributed by atoms with Gasteiger partial charge in [0.05, 0.1) is 11.3 Å². The zero-order valence-electron chi connectivity index (χ0n) is 13.7. The smallest absolute Gasteiger partial charge is 0.338 e. The summed E-state index contributed by atoms with van der Waals surface area (Å²) in [5.41, 5.74) is 0.264. The third kappa shape index (κ3) is 4.08. The molecule has 0 bridgehead atoms. The second kappa shape index (κ2) is 7.10. The van der Waals surface area contributed by atoms with Gasteiger partial charge < -0.3 is 4.74 Å². The average Bonchev–Trinajstić information content (AvgIpc) is 2.95. The van der Waals surface area contributed by atoms with Crippen LogP contribution in [0.2, 0.25) is 0 Å². The first-order valence-electron chi connectivity index (χ1n) is 7.74. The zero-order chi connectivity index (χ0) is 18.0. The van der Waals surface area contributed by atoms with Gasteiger partial charge in [-0.05, 0) is 30.2 Å². The summed E-state index contributed by atoms with van der Waals surface area (Å²) >= 11 is 1.34. The summed E-state index contributed by atoms with van der Waals surface area (Å²) in [6.45, 7) is 4.00. The average molecular weight is 361 g/mol. The third-order valence-corrected chi connectivity index (χ3v) is 4.28. The Morgan fingerprint density at radius 1 is 1.32 bits per heavy atom. The van der Waals surface area contributed by atoms with E-state index >= 15 is 0 Å². The van der Waals surface area contributed by atoms with E-state index in [1.165, 1.54) is 46.2 Å². The second-order valence-corrected chi connectivity index (χ2v) is 7.00. The van der Waals surface area contributed by atoms with Crippen molar-refractivity contribution in [1.29, 1.82) is 0 Å². The minimum atomic E-state index is -0.605. The largest absolute Gasteiger partial charge is 0.456 e. The minimum absolute atomic E-state index is 0.140. The Morgan fingerprint density at radius 2 is 2.04 bits per heavy atom. The van der Waals surface area contributed by atoms with Crippen LogP contribution in [-0.2, 0) is 17.8 Å². The first-order chi connectivity index (χ1) is 11.9. The van der Waals surface area contributed by atoms with Crippen molar-refractivity contribution in [3.05, 3.63) is 62.8 Å². The molecule has 25 heavy (non-hydrogen) atoms. The molecule has 130 valence electrons. The van der Waals surface area contributed by atoms with Gasteiger partial charge in [-0.2, -0.15) is 9.61 Å². The molecule has 8 heteroatoms. The Labute approximate surface area is 146 Å². The van der Waals surface area contributed by atoms with Gasteiger partial charge in [-0.15, -0.1) is 0 Å². The lowest BCUT2D eigenvalue weighted by Crippen LogP contribution is -2.16. The summed E-state index contributed by atoms with van der Waals surface area (Å²) in [6, 6.07) is 6.33. The number of esters is 1. The highest BCUT2D eigenvalue weighted by Gasteiger charge is 2.12. The van der Waals surface area contributed by atoms with Gasteiger partial charge in [-0.25, -0.2) is 14.2 Å². The van der Waals surface area contributed by atoms with E-state index in [1.807, 2.05) is 0 Å². The first kappa shape index (κ1) is 17.2. The van der Waals surface area contributed by atoms with E-state index in [0.29, 0.717) is 16.6 Å². The molecule has 0 atom stereocenters. The highest BCUT2D eigenvalue weighted by molar-refractivity contribution is 7.16. The maximum absolute atomic E-state index is 12.9. The second-order valence-electron chi connectivity index (χ2n) is 5.96. The lowest BCUT2D eigenvalue weighted by Gasteiger charge is -2.04. The first-order valence-corrected chi connectivity index (χ1v) is 8.55. The van der Waals surface area contributed by atoms with Crippen molar-refractivity contribution in [2.45, 2.75) is 26.9 Å². The van der Waals surface area contributed by atoms with E-state index in [4.69, 9.17) is 4.74 Å². The van der Waals surface area contributed by atoms with E-state index in [1.54, 1.807) is 0 Å². The number of benzene rings is 1. The highest BCUT2D eigenvalue weighted by Crippen LogP contribution is 2.15. The number of fused-ring (bicyclic) bond motifs is 1. The third-order valence-electron chi connectivity index (χ3n) is 3.35. The number of rotatable bonds is 5. The molecule has 0 aliphatic rings. The molecule has 0 radical (unpaired) electrons. The number of carbonyl (C=O) groups is 1. The van der Waals surface area contributed by atoms with Crippen LogP contribution in [0, 0.1) is 11.7 Å². The van der Waals surface area contributed by atoms with Crippen LogP contribution in [-0.4, -0.2) is 20.6 Å². The van der Waals surface area contributed by atoms with Gasteiger partial charge in [0.1, 0.15) is 17.4 Å². The van der Waals surface area contributed by atoms with E-state index in [9.17, 15) is 14.0 Å². The van der Waals surface area contributed by atoms with Gasteiger partial charge in [-0.3, -0.25) is 4.79 Å². The van der Waals surface area contributed by atoms with Crippen LogP contribution in [0.1, 0.15) is 34.9 Å². The monoisotopic (exact) mass is 361 g/mol. The Morgan fingerprint density at radius 3 is 2.72 bits per heavy atom. The van der Waals surface area contributed by atoms with Gasteiger partial charge in [0.2, 0.25) is 4.96 Å². The van der Waals surface area contributed by atoms with Crippen molar-refractivity contribution >= 4 is 22.3 Å². The Bertz CT molecular complexity index is 963. The fourth-order valence-electron chi connectivity index (χ4n) is 2.21. The minimum Gasteiger partial charge on any atom is -0.456 e. The molecular weight excluding hydrogens is 345 g/mol. The van der Waals surface area contributed by atoms with Gasteiger partial charge in [0.15, 0.2) is 0 Å². The predicted octanol–water partition coefficient (Wildman–Crippen LogP) is 2.85. The SMILES string of the molecule is CC(C)Cc1nn2c(=O)cc(COC(=O)c3ccc(F)cc3)nc2s1. The molecule has 1 aromatic carbocycles. The number of aromatic nitrogens is 3. The number of ether oxygens (including phenoxy) is 1. The molecule has 0 spiro atoms. The van der Waals surface area contributed by atoms with Crippen molar-refractivity contribution in [1.82, 2.24) is 14.6 Å². The number of halogens is 1. The molecule has 0 unspecified atom stereocenters. The maximum atomic E-state index is 12.9. The molecule has 3 aromatic rings. The summed E-state index contributed by atoms with van der Waals surface area (Å²) in [5, 5.41) is 5.09. The summed E-state index contributed by atoms with van der Waals surface area (Å²) in [7, 11) is 0. The van der Waals surface area contributed by atoms with Crippen LogP contribution >= 0.6 is 11.3 Å². The van der Waals surface area contributed by atoms with Crippen molar-refractivity contribution in [2.75, 3.05) is 0 Å². The number of hydrogen-bond acceptors (Lipinski definition) is 6. The van der Waals surface area contributed by atoms with Gasteiger partial charge >= 0.3 is 5.97 Å². The summed E-state index contributed by atoms with van der Waals surface area (Å²) in [5.74, 6) is -0.613. The Hall–Kier alpha value is -2.61. The normalized spacial score (nSPS) is 11.2. The topological polar surface area (TPSA) is 73.6 Å². The van der Waals surface area contributed by atoms with Gasteiger partial charge in [0, 0.05) is 12.5 Å². The summed E-state index contributed by atoms with van der Waals surface area (Å²) in [4.78, 5) is 28.9. The fraction of sp³-hybridized carbons (Fsp3) is 0.294.